The summed E-state index contributed by atoms with van der Waals surface area (Å²) in [5.74, 6) is -2.18. The van der Waals surface area contributed by atoms with Crippen molar-refractivity contribution in [1.29, 1.82) is 0 Å². The van der Waals surface area contributed by atoms with Gasteiger partial charge >= 0.3 is 0 Å². The van der Waals surface area contributed by atoms with Gasteiger partial charge in [0.1, 0.15) is 11.6 Å². The molecule has 4 rings (SSSR count). The molecule has 1 aliphatic rings. The number of nitrogens with zero attached hydrogens (tertiary/aromatic N) is 1. The summed E-state index contributed by atoms with van der Waals surface area (Å²) in [6, 6.07) is 20.7. The molecule has 6 heteroatoms. The van der Waals surface area contributed by atoms with Crippen LogP contribution in [0.15, 0.2) is 84.4 Å². The minimum absolute atomic E-state index is 0.0213. The number of likely N-dealkylation sites (tertiary alicyclic amines) is 1. The van der Waals surface area contributed by atoms with Crippen LogP contribution < -0.4 is 0 Å². The first-order valence-electron chi connectivity index (χ1n) is 9.79. The summed E-state index contributed by atoms with van der Waals surface area (Å²) >= 11 is 5.93. The first-order valence-corrected chi connectivity index (χ1v) is 10.2. The topological polar surface area (TPSA) is 57.6 Å². The lowest BCUT2D eigenvalue weighted by atomic mass is 9.95. The number of hydrogen-bond acceptors (Lipinski definition) is 3. The van der Waals surface area contributed by atoms with Crippen LogP contribution in [0, 0.1) is 5.82 Å². The Morgan fingerprint density at radius 2 is 1.58 bits per heavy atom. The summed E-state index contributed by atoms with van der Waals surface area (Å²) in [6.45, 7) is 0.272. The molecule has 0 spiro atoms. The van der Waals surface area contributed by atoms with Crippen molar-refractivity contribution in [2.75, 3.05) is 6.54 Å². The third kappa shape index (κ3) is 4.23. The minimum Gasteiger partial charge on any atom is -0.507 e. The Balaban J connectivity index is 1.78. The molecular weight excluding hydrogens is 417 g/mol. The van der Waals surface area contributed by atoms with Crippen LogP contribution in [0.5, 0.6) is 0 Å². The van der Waals surface area contributed by atoms with E-state index in [-0.39, 0.29) is 17.9 Å². The highest BCUT2D eigenvalue weighted by atomic mass is 35.5. The second kappa shape index (κ2) is 8.74. The Kier molecular flexibility index (Phi) is 5.87. The molecule has 1 amide bonds. The molecule has 1 fully saturated rings. The Hall–Kier alpha value is -3.44. The summed E-state index contributed by atoms with van der Waals surface area (Å²) in [6.07, 6.45) is 0.534. The molecule has 31 heavy (non-hydrogen) atoms. The monoisotopic (exact) mass is 435 g/mol. The standard InChI is InChI=1S/C25H19ClFNO3/c26-19-10-6-18(7-11-19)23(29)21-22(17-8-12-20(27)13-9-17)28(25(31)24(21)30)15-14-16-4-2-1-3-5-16/h1-13,22,29H,14-15H2/t22-/m1/s1. The van der Waals surface area contributed by atoms with Gasteiger partial charge in [-0.1, -0.05) is 54.1 Å². The third-order valence-corrected chi connectivity index (χ3v) is 5.58. The number of amides is 1. The van der Waals surface area contributed by atoms with Gasteiger partial charge in [0.2, 0.25) is 0 Å². The largest absolute Gasteiger partial charge is 0.507 e. The van der Waals surface area contributed by atoms with Gasteiger partial charge in [-0.05, 0) is 53.9 Å². The Labute approximate surface area is 184 Å². The summed E-state index contributed by atoms with van der Waals surface area (Å²) < 4.78 is 13.5. The van der Waals surface area contributed by atoms with Gasteiger partial charge in [-0.15, -0.1) is 0 Å². The summed E-state index contributed by atoms with van der Waals surface area (Å²) in [5, 5.41) is 11.4. The molecule has 0 aliphatic carbocycles. The second-order valence-electron chi connectivity index (χ2n) is 7.29. The van der Waals surface area contributed by atoms with Crippen molar-refractivity contribution >= 4 is 29.1 Å². The number of aliphatic hydroxyl groups excluding tert-OH is 1. The van der Waals surface area contributed by atoms with Crippen LogP contribution in [0.4, 0.5) is 4.39 Å². The maximum absolute atomic E-state index is 13.5. The zero-order valence-electron chi connectivity index (χ0n) is 16.5. The Bertz CT molecular complexity index is 1140. The van der Waals surface area contributed by atoms with Crippen LogP contribution in [0.2, 0.25) is 5.02 Å². The zero-order valence-corrected chi connectivity index (χ0v) is 17.2. The SMILES string of the molecule is O=C1C(=O)N(CCc2ccccc2)[C@H](c2ccc(F)cc2)C1=C(O)c1ccc(Cl)cc1. The highest BCUT2D eigenvalue weighted by Gasteiger charge is 2.45. The first-order chi connectivity index (χ1) is 15.0. The molecule has 1 aliphatic heterocycles. The number of hydrogen-bond donors (Lipinski definition) is 1. The van der Waals surface area contributed by atoms with Crippen molar-refractivity contribution < 1.29 is 19.1 Å². The molecular formula is C25H19ClFNO3. The van der Waals surface area contributed by atoms with Crippen molar-refractivity contribution in [2.45, 2.75) is 12.5 Å². The number of carbonyl (C=O) groups excluding carboxylic acids is 2. The minimum atomic E-state index is -0.819. The first kappa shape index (κ1) is 20.8. The smallest absolute Gasteiger partial charge is 0.295 e. The van der Waals surface area contributed by atoms with E-state index in [0.29, 0.717) is 22.6 Å². The number of rotatable bonds is 5. The van der Waals surface area contributed by atoms with E-state index in [9.17, 15) is 19.1 Å². The number of carbonyl (C=O) groups is 2. The zero-order chi connectivity index (χ0) is 22.0. The lowest BCUT2D eigenvalue weighted by Gasteiger charge is -2.25. The normalized spacial score (nSPS) is 17.9. The van der Waals surface area contributed by atoms with Crippen molar-refractivity contribution in [2.24, 2.45) is 0 Å². The average Bonchev–Trinajstić information content (AvgIpc) is 3.04. The van der Waals surface area contributed by atoms with Gasteiger partial charge < -0.3 is 10.0 Å². The van der Waals surface area contributed by atoms with E-state index in [4.69, 9.17) is 11.6 Å². The quantitative estimate of drug-likeness (QED) is 0.343. The van der Waals surface area contributed by atoms with Gasteiger partial charge in [-0.2, -0.15) is 0 Å². The molecule has 3 aromatic rings. The predicted molar refractivity (Wildman–Crippen MR) is 117 cm³/mol. The van der Waals surface area contributed by atoms with Crippen molar-refractivity contribution in [3.8, 4) is 0 Å². The van der Waals surface area contributed by atoms with Crippen molar-refractivity contribution in [3.05, 3.63) is 112 Å². The van der Waals surface area contributed by atoms with Gasteiger partial charge in [0, 0.05) is 17.1 Å². The summed E-state index contributed by atoms with van der Waals surface area (Å²) in [4.78, 5) is 27.3. The van der Waals surface area contributed by atoms with Gasteiger partial charge in [0.05, 0.1) is 11.6 Å². The highest BCUT2D eigenvalue weighted by Crippen LogP contribution is 2.39. The van der Waals surface area contributed by atoms with Crippen LogP contribution in [0.1, 0.15) is 22.7 Å². The second-order valence-corrected chi connectivity index (χ2v) is 7.72. The number of benzene rings is 3. The Morgan fingerprint density at radius 3 is 2.23 bits per heavy atom. The molecule has 1 N–H and O–H groups in total. The molecule has 1 saturated heterocycles. The molecule has 1 atom stereocenters. The van der Waals surface area contributed by atoms with E-state index in [0.717, 1.165) is 5.56 Å². The molecule has 4 nitrogen and oxygen atoms in total. The number of ketones is 1. The molecule has 1 heterocycles. The van der Waals surface area contributed by atoms with E-state index in [2.05, 4.69) is 0 Å². The van der Waals surface area contributed by atoms with E-state index in [1.54, 1.807) is 24.3 Å². The Morgan fingerprint density at radius 1 is 0.935 bits per heavy atom. The summed E-state index contributed by atoms with van der Waals surface area (Å²) in [5.41, 5.74) is 1.91. The number of halogens is 2. The molecule has 0 aromatic heterocycles. The fraction of sp³-hybridized carbons (Fsp3) is 0.120. The number of aliphatic hydroxyl groups is 1. The van der Waals surface area contributed by atoms with E-state index < -0.39 is 23.5 Å². The van der Waals surface area contributed by atoms with E-state index >= 15 is 0 Å². The molecule has 3 aromatic carbocycles. The molecule has 0 bridgehead atoms. The van der Waals surface area contributed by atoms with Crippen LogP contribution in [0.25, 0.3) is 5.76 Å². The molecule has 0 saturated carbocycles. The number of Topliss-reactive ketones (excluding diaryl/α,β-unsaturated/α-hetero) is 1. The fourth-order valence-electron chi connectivity index (χ4n) is 3.76. The maximum atomic E-state index is 13.5. The van der Waals surface area contributed by atoms with Gasteiger partial charge in [0.25, 0.3) is 11.7 Å². The van der Waals surface area contributed by atoms with Gasteiger partial charge in [0.15, 0.2) is 0 Å². The molecule has 156 valence electrons. The van der Waals surface area contributed by atoms with Crippen molar-refractivity contribution in [3.63, 3.8) is 0 Å². The van der Waals surface area contributed by atoms with E-state index in [1.165, 1.54) is 29.2 Å². The van der Waals surface area contributed by atoms with Crippen LogP contribution in [-0.4, -0.2) is 28.2 Å². The molecule has 0 radical (unpaired) electrons. The highest BCUT2D eigenvalue weighted by molar-refractivity contribution is 6.46. The molecule has 0 unspecified atom stereocenters. The fourth-order valence-corrected chi connectivity index (χ4v) is 3.89. The van der Waals surface area contributed by atoms with Crippen LogP contribution in [-0.2, 0) is 16.0 Å². The predicted octanol–water partition coefficient (Wildman–Crippen LogP) is 5.14. The summed E-state index contributed by atoms with van der Waals surface area (Å²) in [7, 11) is 0. The lowest BCUT2D eigenvalue weighted by Crippen LogP contribution is -2.31. The van der Waals surface area contributed by atoms with Crippen molar-refractivity contribution in [1.82, 2.24) is 4.90 Å². The van der Waals surface area contributed by atoms with Gasteiger partial charge in [-0.3, -0.25) is 9.59 Å². The lowest BCUT2D eigenvalue weighted by molar-refractivity contribution is -0.139. The maximum Gasteiger partial charge on any atom is 0.295 e. The van der Waals surface area contributed by atoms with Gasteiger partial charge in [-0.25, -0.2) is 4.39 Å². The van der Waals surface area contributed by atoms with Crippen LogP contribution >= 0.6 is 11.6 Å². The third-order valence-electron chi connectivity index (χ3n) is 5.33. The van der Waals surface area contributed by atoms with E-state index in [1.807, 2.05) is 30.3 Å². The van der Waals surface area contributed by atoms with Crippen LogP contribution in [0.3, 0.4) is 0 Å². The average molecular weight is 436 g/mol.